The highest BCUT2D eigenvalue weighted by molar-refractivity contribution is 7.00. The molecule has 1 heterocycles. The number of aromatic nitrogens is 2. The zero-order valence-electron chi connectivity index (χ0n) is 42.6. The molecule has 9 N–H and O–H groups in total. The van der Waals surface area contributed by atoms with Gasteiger partial charge in [-0.1, -0.05) is 86.6 Å². The van der Waals surface area contributed by atoms with Gasteiger partial charge in [0, 0.05) is 70.9 Å². The number of hydrogen-bond acceptors (Lipinski definition) is 12. The number of aliphatic carboxylic acids is 3. The van der Waals surface area contributed by atoms with Gasteiger partial charge in [0.05, 0.1) is 23.1 Å². The summed E-state index contributed by atoms with van der Waals surface area (Å²) < 4.78 is 9.52. The predicted octanol–water partition coefficient (Wildman–Crippen LogP) is 13.1. The summed E-state index contributed by atoms with van der Waals surface area (Å²) in [5, 5.41) is 27.5. The van der Waals surface area contributed by atoms with Crippen LogP contribution in [0.25, 0.3) is 33.3 Å². The molecule has 7 aromatic carbocycles. The van der Waals surface area contributed by atoms with Crippen molar-refractivity contribution >= 4 is 92.5 Å². The smallest absolute Gasteiger partial charge is 0.303 e. The van der Waals surface area contributed by atoms with Gasteiger partial charge in [0.1, 0.15) is 17.3 Å². The van der Waals surface area contributed by atoms with Crippen molar-refractivity contribution in [3.63, 3.8) is 0 Å². The second kappa shape index (κ2) is 27.6. The number of nitrogens with zero attached hydrogens (tertiary/aromatic N) is 4. The van der Waals surface area contributed by atoms with E-state index in [1.54, 1.807) is 0 Å². The summed E-state index contributed by atoms with van der Waals surface area (Å²) in [7, 11) is 1.50. The van der Waals surface area contributed by atoms with E-state index in [4.69, 9.17) is 30.4 Å². The standard InChI is InChI=1S/C57H54N6O7S.C2H6.CH5N/c58-54-52(41-19-31-47(32-20-41)62(43-23-10-37(11-24-43)5-1-2-36-64)44-25-12-38(13-26-44)6-3-8-49(65)66)56-57(61-71-60-56)53(55(54)59)42-21-33-48(34-22-42)63(46-29-16-40(17-30-46)18-35-51(69)70)45-27-14-39(15-28-45)7-4-9-50(67)68;2*1-2/h10-17,19-34,36H,1-9,18,35,58-59H2,(H,65,66)(H,67,68)(H,69,70);1-2H3;2H2,1H3. The molecule has 8 aromatic rings. The Morgan fingerprint density at radius 3 is 1.03 bits per heavy atom. The van der Waals surface area contributed by atoms with E-state index in [1.165, 1.54) is 7.05 Å². The third-order valence-electron chi connectivity index (χ3n) is 12.5. The van der Waals surface area contributed by atoms with Gasteiger partial charge in [-0.05, 0) is 158 Å². The van der Waals surface area contributed by atoms with Crippen LogP contribution in [-0.2, 0) is 44.9 Å². The summed E-state index contributed by atoms with van der Waals surface area (Å²) in [5.41, 5.74) is 33.0. The summed E-state index contributed by atoms with van der Waals surface area (Å²) >= 11 is 1.09. The molecule has 8 rings (SSSR count). The summed E-state index contributed by atoms with van der Waals surface area (Å²) in [6.07, 6.45) is 6.12. The van der Waals surface area contributed by atoms with Gasteiger partial charge in [0.25, 0.3) is 0 Å². The van der Waals surface area contributed by atoms with Crippen LogP contribution in [0.4, 0.5) is 45.5 Å². The van der Waals surface area contributed by atoms with Crippen LogP contribution < -0.4 is 27.0 Å². The maximum Gasteiger partial charge on any atom is 0.303 e. The molecule has 0 aliphatic rings. The summed E-state index contributed by atoms with van der Waals surface area (Å²) in [6, 6.07) is 48.4. The van der Waals surface area contributed by atoms with Crippen molar-refractivity contribution in [2.45, 2.75) is 84.5 Å². The van der Waals surface area contributed by atoms with E-state index in [0.29, 0.717) is 72.1 Å². The number of rotatable bonds is 23. The number of fused-ring (bicyclic) bond motifs is 1. The molecule has 0 unspecified atom stereocenters. The fraction of sp³-hybridized carbons (Fsp3) is 0.233. The number of carboxylic acid groups (broad SMARTS) is 3. The molecule has 0 saturated heterocycles. The summed E-state index contributed by atoms with van der Waals surface area (Å²) in [5.74, 6) is -2.48. The van der Waals surface area contributed by atoms with E-state index in [1.807, 2.05) is 135 Å². The number of aldehydes is 1. The van der Waals surface area contributed by atoms with Crippen molar-refractivity contribution in [3.05, 3.63) is 168 Å². The number of unbranched alkanes of at least 4 members (excludes halogenated alkanes) is 1. The van der Waals surface area contributed by atoms with Gasteiger partial charge < -0.3 is 47.1 Å². The Morgan fingerprint density at radius 2 is 0.733 bits per heavy atom. The van der Waals surface area contributed by atoms with Gasteiger partial charge >= 0.3 is 17.9 Å². The van der Waals surface area contributed by atoms with E-state index in [0.717, 1.165) is 98.4 Å². The van der Waals surface area contributed by atoms with Crippen LogP contribution in [0.15, 0.2) is 146 Å². The van der Waals surface area contributed by atoms with Crippen molar-refractivity contribution in [2.75, 3.05) is 28.3 Å². The molecule has 0 aliphatic carbocycles. The van der Waals surface area contributed by atoms with Crippen LogP contribution >= 0.6 is 11.7 Å². The molecule has 388 valence electrons. The Balaban J connectivity index is 0.00000223. The average Bonchev–Trinajstić information content (AvgIpc) is 3.91. The largest absolute Gasteiger partial charge is 0.481 e. The minimum absolute atomic E-state index is 0.0362. The van der Waals surface area contributed by atoms with Crippen LogP contribution in [0, 0.1) is 0 Å². The van der Waals surface area contributed by atoms with E-state index < -0.39 is 17.9 Å². The molecule has 1 aromatic heterocycles. The lowest BCUT2D eigenvalue weighted by atomic mass is 9.93. The molecular weight excluding hydrogens is 963 g/mol. The minimum atomic E-state index is -0.852. The lowest BCUT2D eigenvalue weighted by Crippen LogP contribution is -2.10. The molecule has 15 heteroatoms. The number of aryl methyl sites for hydroxylation is 4. The molecule has 0 radical (unpaired) electrons. The van der Waals surface area contributed by atoms with E-state index >= 15 is 0 Å². The monoisotopic (exact) mass is 1030 g/mol. The lowest BCUT2D eigenvalue weighted by molar-refractivity contribution is -0.138. The van der Waals surface area contributed by atoms with Gasteiger partial charge in [-0.15, -0.1) is 0 Å². The SMILES string of the molecule is CC.CN.Nc1c(N)c(-c2ccc(N(c3ccc(CCCC(=O)O)cc3)c3ccc(CCC(=O)O)cc3)cc2)c2nsnc2c1-c1ccc(N(c2ccc(CCCC=O)cc2)c2ccc(CCCC(=O)O)cc2)cc1. The normalized spacial score (nSPS) is 10.7. The molecule has 0 spiro atoms. The fourth-order valence-electron chi connectivity index (χ4n) is 8.85. The lowest BCUT2D eigenvalue weighted by Gasteiger charge is -2.26. The maximum atomic E-state index is 11.3. The maximum absolute atomic E-state index is 11.3. The Hall–Kier alpha value is -8.40. The third-order valence-corrected chi connectivity index (χ3v) is 13.1. The quantitative estimate of drug-likeness (QED) is 0.0198. The minimum Gasteiger partial charge on any atom is -0.481 e. The van der Waals surface area contributed by atoms with Crippen LogP contribution in [0.3, 0.4) is 0 Å². The van der Waals surface area contributed by atoms with Gasteiger partial charge in [-0.25, -0.2) is 0 Å². The van der Waals surface area contributed by atoms with Crippen molar-refractivity contribution in [1.29, 1.82) is 0 Å². The van der Waals surface area contributed by atoms with Crippen LogP contribution in [-0.4, -0.2) is 55.3 Å². The first-order valence-electron chi connectivity index (χ1n) is 25.1. The number of benzene rings is 7. The molecule has 14 nitrogen and oxygen atoms in total. The second-order valence-electron chi connectivity index (χ2n) is 17.4. The molecular formula is C60H65N7O7S. The fourth-order valence-corrected chi connectivity index (χ4v) is 9.41. The molecule has 0 amide bonds. The number of carboxylic acids is 3. The van der Waals surface area contributed by atoms with Crippen LogP contribution in [0.2, 0.25) is 0 Å². The molecule has 0 atom stereocenters. The summed E-state index contributed by atoms with van der Waals surface area (Å²) in [6.45, 7) is 4.00. The number of carbonyl (C=O) groups is 4. The average molecular weight is 1030 g/mol. The Kier molecular flexibility index (Phi) is 20.6. The van der Waals surface area contributed by atoms with Crippen LogP contribution in [0.1, 0.15) is 81.0 Å². The van der Waals surface area contributed by atoms with Gasteiger partial charge in [0.2, 0.25) is 0 Å². The number of nitrogens with two attached hydrogens (primary N) is 3. The predicted molar refractivity (Wildman–Crippen MR) is 304 cm³/mol. The van der Waals surface area contributed by atoms with Crippen molar-refractivity contribution < 1.29 is 34.5 Å². The number of nitrogen functional groups attached to an aromatic ring is 2. The highest BCUT2D eigenvalue weighted by atomic mass is 32.1. The van der Waals surface area contributed by atoms with E-state index in [9.17, 15) is 24.3 Å². The second-order valence-corrected chi connectivity index (χ2v) is 17.9. The molecule has 0 fully saturated rings. The van der Waals surface area contributed by atoms with E-state index in [-0.39, 0.29) is 19.3 Å². The number of hydrogen-bond donors (Lipinski definition) is 6. The van der Waals surface area contributed by atoms with E-state index in [2.05, 4.69) is 39.8 Å². The Bertz CT molecular complexity index is 3130. The highest BCUT2D eigenvalue weighted by Gasteiger charge is 2.23. The van der Waals surface area contributed by atoms with Gasteiger partial charge in [-0.2, -0.15) is 8.75 Å². The first-order valence-corrected chi connectivity index (χ1v) is 25.9. The molecule has 0 bridgehead atoms. The van der Waals surface area contributed by atoms with Gasteiger partial charge in [-0.3, -0.25) is 14.4 Å². The first kappa shape index (κ1) is 55.9. The van der Waals surface area contributed by atoms with Crippen LogP contribution in [0.5, 0.6) is 0 Å². The van der Waals surface area contributed by atoms with Crippen molar-refractivity contribution in [2.24, 2.45) is 5.73 Å². The van der Waals surface area contributed by atoms with Gasteiger partial charge in [0.15, 0.2) is 0 Å². The Labute approximate surface area is 442 Å². The highest BCUT2D eigenvalue weighted by Crippen LogP contribution is 2.46. The third kappa shape index (κ3) is 14.4. The molecule has 0 aliphatic heterocycles. The topological polar surface area (TPSA) is 239 Å². The first-order chi connectivity index (χ1) is 36.5. The number of anilines is 8. The zero-order chi connectivity index (χ0) is 53.9. The van der Waals surface area contributed by atoms with Crippen molar-refractivity contribution in [3.8, 4) is 22.3 Å². The number of carbonyl (C=O) groups excluding carboxylic acids is 1. The summed E-state index contributed by atoms with van der Waals surface area (Å²) in [4.78, 5) is 48.7. The Morgan fingerprint density at radius 1 is 0.453 bits per heavy atom. The van der Waals surface area contributed by atoms with Crippen molar-refractivity contribution in [1.82, 2.24) is 8.75 Å². The molecule has 75 heavy (non-hydrogen) atoms. The zero-order valence-corrected chi connectivity index (χ0v) is 43.4. The molecule has 0 saturated carbocycles.